The van der Waals surface area contributed by atoms with E-state index in [1.165, 1.54) is 0 Å². The second-order valence-electron chi connectivity index (χ2n) is 2.11. The Morgan fingerprint density at radius 3 is 2.40 bits per heavy atom. The minimum atomic E-state index is 0.519. The summed E-state index contributed by atoms with van der Waals surface area (Å²) in [6, 6.07) is 7.86. The molecule has 1 unspecified atom stereocenters. The molecular formula is C8H9OP. The van der Waals surface area contributed by atoms with Crippen LogP contribution in [0.1, 0.15) is 5.56 Å². The predicted molar refractivity (Wildman–Crippen MR) is 45.6 cm³/mol. The topological polar surface area (TPSA) is 17.1 Å². The summed E-state index contributed by atoms with van der Waals surface area (Å²) in [5, 5.41) is 1.15. The second-order valence-corrected chi connectivity index (χ2v) is 2.78. The Hall–Kier alpha value is -0.680. The zero-order chi connectivity index (χ0) is 7.40. The standard InChI is InChI=1S/C8H9OP/c9-6-5-7-1-3-8(10)4-2-7/h1-4,6H,5,10H2. The van der Waals surface area contributed by atoms with Crippen molar-refractivity contribution < 1.29 is 4.79 Å². The summed E-state index contributed by atoms with van der Waals surface area (Å²) in [4.78, 5) is 10.1. The molecule has 10 heavy (non-hydrogen) atoms. The van der Waals surface area contributed by atoms with E-state index in [9.17, 15) is 4.79 Å². The summed E-state index contributed by atoms with van der Waals surface area (Å²) in [5.74, 6) is 0. The van der Waals surface area contributed by atoms with E-state index in [1.54, 1.807) is 0 Å². The molecule has 1 atom stereocenters. The third-order valence-electron chi connectivity index (χ3n) is 1.30. The molecule has 0 spiro atoms. The van der Waals surface area contributed by atoms with Crippen molar-refractivity contribution >= 4 is 20.8 Å². The molecule has 1 rings (SSSR count). The van der Waals surface area contributed by atoms with Crippen LogP contribution in [-0.2, 0) is 11.2 Å². The summed E-state index contributed by atoms with van der Waals surface area (Å²) < 4.78 is 0. The van der Waals surface area contributed by atoms with Gasteiger partial charge in [0.25, 0.3) is 0 Å². The lowest BCUT2D eigenvalue weighted by Crippen LogP contribution is -1.91. The SMILES string of the molecule is O=CCc1ccc(P)cc1. The first-order valence-corrected chi connectivity index (χ1v) is 3.68. The van der Waals surface area contributed by atoms with Crippen LogP contribution in [-0.4, -0.2) is 6.29 Å². The number of rotatable bonds is 2. The lowest BCUT2D eigenvalue weighted by Gasteiger charge is -1.93. The van der Waals surface area contributed by atoms with Crippen LogP contribution in [0.4, 0.5) is 0 Å². The maximum atomic E-state index is 10.1. The summed E-state index contributed by atoms with van der Waals surface area (Å²) in [7, 11) is 2.60. The zero-order valence-electron chi connectivity index (χ0n) is 5.58. The smallest absolute Gasteiger partial charge is 0.124 e. The highest BCUT2D eigenvalue weighted by Gasteiger charge is 1.88. The molecule has 0 aliphatic carbocycles. The molecule has 0 aliphatic rings. The highest BCUT2D eigenvalue weighted by atomic mass is 31.0. The Balaban J connectivity index is 2.78. The van der Waals surface area contributed by atoms with Crippen molar-refractivity contribution in [2.75, 3.05) is 0 Å². The normalized spacial score (nSPS) is 9.30. The Morgan fingerprint density at radius 1 is 1.30 bits per heavy atom. The van der Waals surface area contributed by atoms with Crippen molar-refractivity contribution in [3.8, 4) is 0 Å². The summed E-state index contributed by atoms with van der Waals surface area (Å²) >= 11 is 0. The molecule has 0 N–H and O–H groups in total. The van der Waals surface area contributed by atoms with E-state index in [0.717, 1.165) is 17.2 Å². The number of hydrogen-bond donors (Lipinski definition) is 0. The van der Waals surface area contributed by atoms with Crippen LogP contribution in [0, 0.1) is 0 Å². The Kier molecular flexibility index (Phi) is 2.58. The van der Waals surface area contributed by atoms with E-state index in [4.69, 9.17) is 0 Å². The van der Waals surface area contributed by atoms with Crippen molar-refractivity contribution in [3.05, 3.63) is 29.8 Å². The van der Waals surface area contributed by atoms with Gasteiger partial charge in [0.15, 0.2) is 0 Å². The van der Waals surface area contributed by atoms with E-state index in [2.05, 4.69) is 9.24 Å². The van der Waals surface area contributed by atoms with Crippen molar-refractivity contribution in [1.29, 1.82) is 0 Å². The second kappa shape index (κ2) is 3.48. The molecular weight excluding hydrogens is 143 g/mol. The predicted octanol–water partition coefficient (Wildman–Crippen LogP) is 0.928. The quantitative estimate of drug-likeness (QED) is 0.455. The van der Waals surface area contributed by atoms with Gasteiger partial charge in [0.1, 0.15) is 6.29 Å². The fraction of sp³-hybridized carbons (Fsp3) is 0.125. The first-order chi connectivity index (χ1) is 4.83. The van der Waals surface area contributed by atoms with Gasteiger partial charge >= 0.3 is 0 Å². The largest absolute Gasteiger partial charge is 0.303 e. The van der Waals surface area contributed by atoms with E-state index in [0.29, 0.717) is 6.42 Å². The molecule has 0 aromatic heterocycles. The van der Waals surface area contributed by atoms with E-state index >= 15 is 0 Å². The van der Waals surface area contributed by atoms with Gasteiger partial charge < -0.3 is 4.79 Å². The van der Waals surface area contributed by atoms with Crippen molar-refractivity contribution in [1.82, 2.24) is 0 Å². The van der Waals surface area contributed by atoms with Gasteiger partial charge in [-0.2, -0.15) is 0 Å². The molecule has 1 aromatic carbocycles. The van der Waals surface area contributed by atoms with Gasteiger partial charge in [0.2, 0.25) is 0 Å². The van der Waals surface area contributed by atoms with E-state index in [-0.39, 0.29) is 0 Å². The van der Waals surface area contributed by atoms with Crippen molar-refractivity contribution in [3.63, 3.8) is 0 Å². The number of benzene rings is 1. The first-order valence-electron chi connectivity index (χ1n) is 3.11. The maximum absolute atomic E-state index is 10.1. The molecule has 52 valence electrons. The number of hydrogen-bond acceptors (Lipinski definition) is 1. The summed E-state index contributed by atoms with van der Waals surface area (Å²) in [5.41, 5.74) is 1.07. The molecule has 0 amide bonds. The van der Waals surface area contributed by atoms with Gasteiger partial charge in [-0.3, -0.25) is 0 Å². The van der Waals surface area contributed by atoms with Crippen LogP contribution < -0.4 is 5.30 Å². The average Bonchev–Trinajstić information content (AvgIpc) is 1.95. The van der Waals surface area contributed by atoms with Crippen LogP contribution in [0.5, 0.6) is 0 Å². The fourth-order valence-electron chi connectivity index (χ4n) is 0.750. The Labute approximate surface area is 62.7 Å². The molecule has 1 aromatic rings. The van der Waals surface area contributed by atoms with Crippen LogP contribution in [0.15, 0.2) is 24.3 Å². The van der Waals surface area contributed by atoms with Gasteiger partial charge in [-0.15, -0.1) is 9.24 Å². The number of aldehydes is 1. The van der Waals surface area contributed by atoms with Crippen LogP contribution >= 0.6 is 9.24 Å². The van der Waals surface area contributed by atoms with Crippen LogP contribution in [0.25, 0.3) is 0 Å². The molecule has 0 saturated carbocycles. The molecule has 0 aliphatic heterocycles. The number of carbonyl (C=O) groups excluding carboxylic acids is 1. The fourth-order valence-corrected chi connectivity index (χ4v) is 0.942. The molecule has 0 fully saturated rings. The molecule has 1 nitrogen and oxygen atoms in total. The lowest BCUT2D eigenvalue weighted by atomic mass is 10.2. The monoisotopic (exact) mass is 152 g/mol. The third kappa shape index (κ3) is 1.93. The van der Waals surface area contributed by atoms with Crippen LogP contribution in [0.2, 0.25) is 0 Å². The van der Waals surface area contributed by atoms with E-state index in [1.807, 2.05) is 24.3 Å². The Morgan fingerprint density at radius 2 is 1.90 bits per heavy atom. The molecule has 0 bridgehead atoms. The highest BCUT2D eigenvalue weighted by molar-refractivity contribution is 7.27. The van der Waals surface area contributed by atoms with Gasteiger partial charge in [-0.1, -0.05) is 24.3 Å². The molecule has 2 heteroatoms. The third-order valence-corrected chi connectivity index (χ3v) is 1.68. The zero-order valence-corrected chi connectivity index (χ0v) is 6.73. The van der Waals surface area contributed by atoms with E-state index < -0.39 is 0 Å². The van der Waals surface area contributed by atoms with Gasteiger partial charge in [0.05, 0.1) is 0 Å². The number of carbonyl (C=O) groups is 1. The van der Waals surface area contributed by atoms with Crippen molar-refractivity contribution in [2.24, 2.45) is 0 Å². The minimum absolute atomic E-state index is 0.519. The lowest BCUT2D eigenvalue weighted by molar-refractivity contribution is -0.107. The maximum Gasteiger partial charge on any atom is 0.124 e. The minimum Gasteiger partial charge on any atom is -0.303 e. The van der Waals surface area contributed by atoms with Crippen LogP contribution in [0.3, 0.4) is 0 Å². The van der Waals surface area contributed by atoms with Gasteiger partial charge in [0, 0.05) is 6.42 Å². The van der Waals surface area contributed by atoms with Crippen molar-refractivity contribution in [2.45, 2.75) is 6.42 Å². The average molecular weight is 152 g/mol. The Bertz CT molecular complexity index is 215. The highest BCUT2D eigenvalue weighted by Crippen LogP contribution is 1.97. The summed E-state index contributed by atoms with van der Waals surface area (Å²) in [6.45, 7) is 0. The first kappa shape index (κ1) is 7.43. The summed E-state index contributed by atoms with van der Waals surface area (Å²) in [6.07, 6.45) is 1.43. The van der Waals surface area contributed by atoms with Gasteiger partial charge in [-0.05, 0) is 10.9 Å². The van der Waals surface area contributed by atoms with Gasteiger partial charge in [-0.25, -0.2) is 0 Å². The molecule has 0 radical (unpaired) electrons. The molecule has 0 heterocycles. The molecule has 0 saturated heterocycles.